The van der Waals surface area contributed by atoms with Crippen LogP contribution >= 0.6 is 11.6 Å². The van der Waals surface area contributed by atoms with Gasteiger partial charge in [0.1, 0.15) is 0 Å². The first-order valence-electron chi connectivity index (χ1n) is 4.50. The third-order valence-electron chi connectivity index (χ3n) is 2.08. The average molecular weight is 224 g/mol. The summed E-state index contributed by atoms with van der Waals surface area (Å²) in [6, 6.07) is 5.52. The molecule has 0 aliphatic carbocycles. The standard InChI is InChI=1S/C10H10ClN3O/c1-6-2-3-7(11)4-8(6)10-13-9(5-12)14-15-10/h2-4H,5,12H2,1H3. The van der Waals surface area contributed by atoms with Crippen LogP contribution in [0.3, 0.4) is 0 Å². The molecule has 2 N–H and O–H groups in total. The van der Waals surface area contributed by atoms with Crippen molar-refractivity contribution in [1.29, 1.82) is 0 Å². The monoisotopic (exact) mass is 223 g/mol. The van der Waals surface area contributed by atoms with E-state index >= 15 is 0 Å². The van der Waals surface area contributed by atoms with Gasteiger partial charge >= 0.3 is 0 Å². The van der Waals surface area contributed by atoms with E-state index in [1.165, 1.54) is 0 Å². The fourth-order valence-corrected chi connectivity index (χ4v) is 1.44. The van der Waals surface area contributed by atoms with Gasteiger partial charge in [0, 0.05) is 10.6 Å². The van der Waals surface area contributed by atoms with Crippen molar-refractivity contribution in [2.75, 3.05) is 0 Å². The maximum absolute atomic E-state index is 5.89. The number of aromatic nitrogens is 2. The van der Waals surface area contributed by atoms with E-state index in [1.54, 1.807) is 6.07 Å². The largest absolute Gasteiger partial charge is 0.334 e. The molecule has 4 nitrogen and oxygen atoms in total. The molecule has 2 rings (SSSR count). The molecule has 5 heteroatoms. The molecule has 0 aliphatic rings. The molecule has 0 saturated carbocycles. The highest BCUT2D eigenvalue weighted by Crippen LogP contribution is 2.24. The maximum atomic E-state index is 5.89. The molecular weight excluding hydrogens is 214 g/mol. The minimum atomic E-state index is 0.267. The van der Waals surface area contributed by atoms with Gasteiger partial charge in [-0.25, -0.2) is 0 Å². The van der Waals surface area contributed by atoms with Gasteiger partial charge in [-0.1, -0.05) is 22.8 Å². The number of nitrogens with two attached hydrogens (primary N) is 1. The second kappa shape index (κ2) is 4.00. The van der Waals surface area contributed by atoms with E-state index in [0.29, 0.717) is 16.7 Å². The van der Waals surface area contributed by atoms with Crippen molar-refractivity contribution < 1.29 is 4.52 Å². The molecule has 1 heterocycles. The van der Waals surface area contributed by atoms with Gasteiger partial charge in [0.25, 0.3) is 5.89 Å². The Morgan fingerprint density at radius 2 is 2.27 bits per heavy atom. The molecule has 0 spiro atoms. The van der Waals surface area contributed by atoms with Crippen LogP contribution in [0.5, 0.6) is 0 Å². The van der Waals surface area contributed by atoms with Gasteiger partial charge in [-0.2, -0.15) is 4.98 Å². The molecule has 0 bridgehead atoms. The van der Waals surface area contributed by atoms with E-state index in [-0.39, 0.29) is 6.54 Å². The van der Waals surface area contributed by atoms with E-state index in [4.69, 9.17) is 21.9 Å². The summed E-state index contributed by atoms with van der Waals surface area (Å²) in [6.07, 6.45) is 0. The van der Waals surface area contributed by atoms with Crippen molar-refractivity contribution in [1.82, 2.24) is 10.1 Å². The molecule has 15 heavy (non-hydrogen) atoms. The number of halogens is 1. The third-order valence-corrected chi connectivity index (χ3v) is 2.32. The predicted molar refractivity (Wildman–Crippen MR) is 57.4 cm³/mol. The Morgan fingerprint density at radius 3 is 2.93 bits per heavy atom. The zero-order valence-electron chi connectivity index (χ0n) is 8.20. The van der Waals surface area contributed by atoms with Crippen molar-refractivity contribution in [3.8, 4) is 11.5 Å². The van der Waals surface area contributed by atoms with Gasteiger partial charge < -0.3 is 10.3 Å². The van der Waals surface area contributed by atoms with Crippen LogP contribution in [0, 0.1) is 6.92 Å². The Bertz CT molecular complexity index is 481. The lowest BCUT2D eigenvalue weighted by atomic mass is 10.1. The first-order chi connectivity index (χ1) is 7.20. The highest BCUT2D eigenvalue weighted by molar-refractivity contribution is 6.30. The molecule has 0 amide bonds. The minimum Gasteiger partial charge on any atom is -0.334 e. The summed E-state index contributed by atoms with van der Waals surface area (Å²) in [6.45, 7) is 2.22. The van der Waals surface area contributed by atoms with Crippen LogP contribution in [-0.2, 0) is 6.54 Å². The van der Waals surface area contributed by atoms with Crippen LogP contribution in [0.25, 0.3) is 11.5 Å². The quantitative estimate of drug-likeness (QED) is 0.847. The Morgan fingerprint density at radius 1 is 1.47 bits per heavy atom. The molecule has 0 saturated heterocycles. The van der Waals surface area contributed by atoms with E-state index in [2.05, 4.69) is 10.1 Å². The van der Waals surface area contributed by atoms with E-state index in [1.807, 2.05) is 19.1 Å². The normalized spacial score (nSPS) is 10.6. The number of benzene rings is 1. The molecule has 2 aromatic rings. The minimum absolute atomic E-state index is 0.267. The zero-order valence-corrected chi connectivity index (χ0v) is 8.95. The Hall–Kier alpha value is -1.39. The van der Waals surface area contributed by atoms with Crippen molar-refractivity contribution in [3.63, 3.8) is 0 Å². The molecule has 0 radical (unpaired) electrons. The predicted octanol–water partition coefficient (Wildman–Crippen LogP) is 2.16. The number of rotatable bonds is 2. The van der Waals surface area contributed by atoms with E-state index in [0.717, 1.165) is 11.1 Å². The second-order valence-corrected chi connectivity index (χ2v) is 3.62. The molecule has 0 fully saturated rings. The zero-order chi connectivity index (χ0) is 10.8. The van der Waals surface area contributed by atoms with Crippen LogP contribution < -0.4 is 5.73 Å². The summed E-state index contributed by atoms with van der Waals surface area (Å²) in [5, 5.41) is 4.37. The first-order valence-corrected chi connectivity index (χ1v) is 4.87. The second-order valence-electron chi connectivity index (χ2n) is 3.18. The van der Waals surface area contributed by atoms with Gasteiger partial charge in [0.2, 0.25) is 0 Å². The number of hydrogen-bond donors (Lipinski definition) is 1. The van der Waals surface area contributed by atoms with Crippen LogP contribution in [0.1, 0.15) is 11.4 Å². The fraction of sp³-hybridized carbons (Fsp3) is 0.200. The van der Waals surface area contributed by atoms with Gasteiger partial charge in [-0.15, -0.1) is 0 Å². The summed E-state index contributed by atoms with van der Waals surface area (Å²) in [4.78, 5) is 4.14. The van der Waals surface area contributed by atoms with Gasteiger partial charge in [0.05, 0.1) is 6.54 Å². The number of hydrogen-bond acceptors (Lipinski definition) is 4. The van der Waals surface area contributed by atoms with Gasteiger partial charge in [-0.3, -0.25) is 0 Å². The SMILES string of the molecule is Cc1ccc(Cl)cc1-c1nc(CN)no1. The molecule has 78 valence electrons. The topological polar surface area (TPSA) is 64.9 Å². The van der Waals surface area contributed by atoms with Crippen LogP contribution in [0.15, 0.2) is 22.7 Å². The molecular formula is C10H10ClN3O. The highest BCUT2D eigenvalue weighted by atomic mass is 35.5. The van der Waals surface area contributed by atoms with Crippen molar-refractivity contribution >= 4 is 11.6 Å². The van der Waals surface area contributed by atoms with Crippen LogP contribution in [0.4, 0.5) is 0 Å². The van der Waals surface area contributed by atoms with E-state index < -0.39 is 0 Å². The van der Waals surface area contributed by atoms with Crippen LogP contribution in [-0.4, -0.2) is 10.1 Å². The third kappa shape index (κ3) is 2.00. The Labute approximate surface area is 92.0 Å². The summed E-state index contributed by atoms with van der Waals surface area (Å²) in [5.41, 5.74) is 7.27. The average Bonchev–Trinajstić information content (AvgIpc) is 2.70. The molecule has 1 aromatic carbocycles. The van der Waals surface area contributed by atoms with Gasteiger partial charge in [0.15, 0.2) is 5.82 Å². The molecule has 0 atom stereocenters. The number of nitrogens with zero attached hydrogens (tertiary/aromatic N) is 2. The Balaban J connectivity index is 2.48. The summed E-state index contributed by atoms with van der Waals surface area (Å²) >= 11 is 5.89. The lowest BCUT2D eigenvalue weighted by Gasteiger charge is -2.00. The van der Waals surface area contributed by atoms with Crippen molar-refractivity contribution in [2.24, 2.45) is 5.73 Å². The summed E-state index contributed by atoms with van der Waals surface area (Å²) in [5.74, 6) is 0.944. The van der Waals surface area contributed by atoms with Crippen molar-refractivity contribution in [2.45, 2.75) is 13.5 Å². The first kappa shape index (κ1) is 10.1. The highest BCUT2D eigenvalue weighted by Gasteiger charge is 2.10. The van der Waals surface area contributed by atoms with Crippen molar-refractivity contribution in [3.05, 3.63) is 34.6 Å². The van der Waals surface area contributed by atoms with E-state index in [9.17, 15) is 0 Å². The summed E-state index contributed by atoms with van der Waals surface area (Å²) in [7, 11) is 0. The molecule has 0 aliphatic heterocycles. The van der Waals surface area contributed by atoms with Gasteiger partial charge in [-0.05, 0) is 24.6 Å². The lowest BCUT2D eigenvalue weighted by Crippen LogP contribution is -1.97. The number of aryl methyl sites for hydroxylation is 1. The Kier molecular flexibility index (Phi) is 2.70. The molecule has 1 aromatic heterocycles. The molecule has 0 unspecified atom stereocenters. The lowest BCUT2D eigenvalue weighted by molar-refractivity contribution is 0.422. The smallest absolute Gasteiger partial charge is 0.258 e. The van der Waals surface area contributed by atoms with Crippen LogP contribution in [0.2, 0.25) is 5.02 Å². The summed E-state index contributed by atoms with van der Waals surface area (Å²) < 4.78 is 5.08. The fourth-order valence-electron chi connectivity index (χ4n) is 1.27. The maximum Gasteiger partial charge on any atom is 0.258 e.